The van der Waals surface area contributed by atoms with Crippen molar-refractivity contribution in [2.75, 3.05) is 32.2 Å². The van der Waals surface area contributed by atoms with Gasteiger partial charge >= 0.3 is 0 Å². The lowest BCUT2D eigenvalue weighted by atomic mass is 10.1. The number of amides is 2. The highest BCUT2D eigenvalue weighted by atomic mass is 16.5. The van der Waals surface area contributed by atoms with E-state index in [1.54, 1.807) is 31.4 Å². The molecule has 0 aromatic heterocycles. The van der Waals surface area contributed by atoms with Crippen LogP contribution in [0.2, 0.25) is 0 Å². The van der Waals surface area contributed by atoms with Crippen molar-refractivity contribution in [3.05, 3.63) is 59.2 Å². The number of carbonyl (C=O) groups is 2. The minimum Gasteiger partial charge on any atom is -0.484 e. The summed E-state index contributed by atoms with van der Waals surface area (Å²) in [6, 6.07) is 12.4. The van der Waals surface area contributed by atoms with Gasteiger partial charge in [0, 0.05) is 31.5 Å². The zero-order chi connectivity index (χ0) is 19.6. The number of anilines is 1. The van der Waals surface area contributed by atoms with E-state index in [1.807, 2.05) is 32.0 Å². The van der Waals surface area contributed by atoms with Gasteiger partial charge in [-0.05, 0) is 67.8 Å². The van der Waals surface area contributed by atoms with Gasteiger partial charge in [0.05, 0.1) is 0 Å². The number of benzene rings is 2. The zero-order valence-electron chi connectivity index (χ0n) is 16.0. The molecule has 2 amide bonds. The second-order valence-electron chi connectivity index (χ2n) is 6.26. The monoisotopic (exact) mass is 370 g/mol. The van der Waals surface area contributed by atoms with Crippen molar-refractivity contribution in [3.8, 4) is 5.75 Å². The molecule has 0 heterocycles. The molecular weight excluding hydrogens is 344 g/mol. The van der Waals surface area contributed by atoms with Crippen LogP contribution in [0.4, 0.5) is 5.69 Å². The Hall–Kier alpha value is -2.86. The van der Waals surface area contributed by atoms with Crippen LogP contribution in [-0.4, -0.2) is 38.7 Å². The lowest BCUT2D eigenvalue weighted by molar-refractivity contribution is -0.118. The van der Waals surface area contributed by atoms with Gasteiger partial charge in [0.15, 0.2) is 6.61 Å². The van der Waals surface area contributed by atoms with Gasteiger partial charge in [-0.25, -0.2) is 0 Å². The maximum Gasteiger partial charge on any atom is 0.262 e. The molecule has 0 saturated carbocycles. The van der Waals surface area contributed by atoms with Gasteiger partial charge in [0.1, 0.15) is 5.75 Å². The van der Waals surface area contributed by atoms with Crippen molar-refractivity contribution in [3.63, 3.8) is 0 Å². The smallest absolute Gasteiger partial charge is 0.262 e. The standard InChI is InChI=1S/C21H26N2O4/c1-15-5-10-19(13-16(15)2)27-14-20(24)23-18-8-6-17(7-9-18)21(25)22-11-4-12-26-3/h5-10,13H,4,11-12,14H2,1-3H3,(H,22,25)(H,23,24). The molecular formula is C21H26N2O4. The molecule has 0 aliphatic carbocycles. The molecule has 2 aromatic carbocycles. The summed E-state index contributed by atoms with van der Waals surface area (Å²) >= 11 is 0. The molecule has 0 bridgehead atoms. The van der Waals surface area contributed by atoms with E-state index in [1.165, 1.54) is 5.56 Å². The number of ether oxygens (including phenoxy) is 2. The second kappa shape index (κ2) is 10.3. The average molecular weight is 370 g/mol. The summed E-state index contributed by atoms with van der Waals surface area (Å²) in [5, 5.41) is 5.57. The minimum atomic E-state index is -0.259. The molecule has 144 valence electrons. The molecule has 0 atom stereocenters. The van der Waals surface area contributed by atoms with Crippen LogP contribution in [0.25, 0.3) is 0 Å². The van der Waals surface area contributed by atoms with Crippen molar-refractivity contribution >= 4 is 17.5 Å². The largest absolute Gasteiger partial charge is 0.484 e. The molecule has 2 N–H and O–H groups in total. The van der Waals surface area contributed by atoms with Crippen LogP contribution in [0.1, 0.15) is 27.9 Å². The number of methoxy groups -OCH3 is 1. The van der Waals surface area contributed by atoms with E-state index in [0.29, 0.717) is 30.2 Å². The Bertz CT molecular complexity index is 772. The molecule has 0 aliphatic heterocycles. The van der Waals surface area contributed by atoms with Crippen LogP contribution in [0.5, 0.6) is 5.75 Å². The molecule has 2 aromatic rings. The summed E-state index contributed by atoms with van der Waals surface area (Å²) in [6.45, 7) is 5.10. The Kier molecular flexibility index (Phi) is 7.82. The van der Waals surface area contributed by atoms with E-state index in [9.17, 15) is 9.59 Å². The summed E-state index contributed by atoms with van der Waals surface area (Å²) in [7, 11) is 1.63. The minimum absolute atomic E-state index is 0.0791. The molecule has 0 radical (unpaired) electrons. The van der Waals surface area contributed by atoms with Gasteiger partial charge in [-0.1, -0.05) is 6.07 Å². The molecule has 0 fully saturated rings. The molecule has 0 aliphatic rings. The van der Waals surface area contributed by atoms with Crippen LogP contribution < -0.4 is 15.4 Å². The summed E-state index contributed by atoms with van der Waals surface area (Å²) in [6.07, 6.45) is 0.761. The first-order chi connectivity index (χ1) is 13.0. The van der Waals surface area contributed by atoms with Crippen molar-refractivity contribution < 1.29 is 19.1 Å². The third-order valence-electron chi connectivity index (χ3n) is 4.09. The van der Waals surface area contributed by atoms with Gasteiger partial charge in [-0.15, -0.1) is 0 Å². The van der Waals surface area contributed by atoms with Crippen LogP contribution in [0.15, 0.2) is 42.5 Å². The summed E-state index contributed by atoms with van der Waals surface area (Å²) in [5.41, 5.74) is 3.44. The summed E-state index contributed by atoms with van der Waals surface area (Å²) in [4.78, 5) is 24.0. The Labute approximate surface area is 159 Å². The van der Waals surface area contributed by atoms with Gasteiger partial charge < -0.3 is 20.1 Å². The number of nitrogens with one attached hydrogen (secondary N) is 2. The molecule has 2 rings (SSSR count). The quantitative estimate of drug-likeness (QED) is 0.665. The van der Waals surface area contributed by atoms with Crippen molar-refractivity contribution in [2.45, 2.75) is 20.3 Å². The molecule has 0 saturated heterocycles. The SMILES string of the molecule is COCCCNC(=O)c1ccc(NC(=O)COc2ccc(C)c(C)c2)cc1. The Balaban J connectivity index is 1.80. The topological polar surface area (TPSA) is 76.7 Å². The molecule has 0 spiro atoms. The first-order valence-corrected chi connectivity index (χ1v) is 8.86. The van der Waals surface area contributed by atoms with E-state index in [2.05, 4.69) is 10.6 Å². The maximum atomic E-state index is 12.0. The van der Waals surface area contributed by atoms with E-state index in [4.69, 9.17) is 9.47 Å². The van der Waals surface area contributed by atoms with Crippen LogP contribution >= 0.6 is 0 Å². The van der Waals surface area contributed by atoms with Gasteiger partial charge in [0.2, 0.25) is 0 Å². The number of hydrogen-bond donors (Lipinski definition) is 2. The maximum absolute atomic E-state index is 12.0. The highest BCUT2D eigenvalue weighted by Gasteiger charge is 2.07. The second-order valence-corrected chi connectivity index (χ2v) is 6.26. The zero-order valence-corrected chi connectivity index (χ0v) is 16.0. The number of hydrogen-bond acceptors (Lipinski definition) is 4. The van der Waals surface area contributed by atoms with Crippen molar-refractivity contribution in [1.29, 1.82) is 0 Å². The predicted octanol–water partition coefficient (Wildman–Crippen LogP) is 3.09. The lowest BCUT2D eigenvalue weighted by Crippen LogP contribution is -2.25. The number of rotatable bonds is 9. The highest BCUT2D eigenvalue weighted by molar-refractivity contribution is 5.96. The summed E-state index contributed by atoms with van der Waals surface area (Å²) < 4.78 is 10.5. The fraction of sp³-hybridized carbons (Fsp3) is 0.333. The highest BCUT2D eigenvalue weighted by Crippen LogP contribution is 2.16. The Morgan fingerprint density at radius 3 is 2.41 bits per heavy atom. The van der Waals surface area contributed by atoms with E-state index < -0.39 is 0 Å². The average Bonchev–Trinajstić information content (AvgIpc) is 2.66. The van der Waals surface area contributed by atoms with E-state index >= 15 is 0 Å². The lowest BCUT2D eigenvalue weighted by Gasteiger charge is -2.10. The van der Waals surface area contributed by atoms with Crippen LogP contribution in [-0.2, 0) is 9.53 Å². The Morgan fingerprint density at radius 2 is 1.74 bits per heavy atom. The number of carbonyl (C=O) groups excluding carboxylic acids is 2. The summed E-state index contributed by atoms with van der Waals surface area (Å²) in [5.74, 6) is 0.251. The molecule has 0 unspecified atom stereocenters. The van der Waals surface area contributed by atoms with E-state index in [-0.39, 0.29) is 18.4 Å². The normalized spacial score (nSPS) is 10.3. The first-order valence-electron chi connectivity index (χ1n) is 8.86. The van der Waals surface area contributed by atoms with E-state index in [0.717, 1.165) is 12.0 Å². The van der Waals surface area contributed by atoms with Crippen molar-refractivity contribution in [2.24, 2.45) is 0 Å². The van der Waals surface area contributed by atoms with Crippen LogP contribution in [0, 0.1) is 13.8 Å². The van der Waals surface area contributed by atoms with Gasteiger partial charge in [-0.3, -0.25) is 9.59 Å². The fourth-order valence-corrected chi connectivity index (χ4v) is 2.38. The molecule has 6 nitrogen and oxygen atoms in total. The molecule has 27 heavy (non-hydrogen) atoms. The van der Waals surface area contributed by atoms with Gasteiger partial charge in [-0.2, -0.15) is 0 Å². The van der Waals surface area contributed by atoms with Crippen molar-refractivity contribution in [1.82, 2.24) is 5.32 Å². The van der Waals surface area contributed by atoms with Gasteiger partial charge in [0.25, 0.3) is 11.8 Å². The Morgan fingerprint density at radius 1 is 1.00 bits per heavy atom. The first kappa shape index (κ1) is 20.5. The number of aryl methyl sites for hydroxylation is 2. The third-order valence-corrected chi connectivity index (χ3v) is 4.09. The molecule has 6 heteroatoms. The predicted molar refractivity (Wildman–Crippen MR) is 105 cm³/mol. The van der Waals surface area contributed by atoms with Crippen LogP contribution in [0.3, 0.4) is 0 Å². The third kappa shape index (κ3) is 6.75. The fourth-order valence-electron chi connectivity index (χ4n) is 2.38.